The number of hydrogen-bond acceptors (Lipinski definition) is 7. The SMILES string of the molecule is COc1cc([C@@H]2CC(=O)Nc3c2c(C)nn3[C@H]2CCS(=O)(=O)C2)cc(OC)c1OC. The molecule has 30 heavy (non-hydrogen) atoms. The van der Waals surface area contributed by atoms with E-state index in [2.05, 4.69) is 10.4 Å². The zero-order chi connectivity index (χ0) is 21.6. The van der Waals surface area contributed by atoms with Gasteiger partial charge in [-0.05, 0) is 31.0 Å². The van der Waals surface area contributed by atoms with Gasteiger partial charge in [-0.1, -0.05) is 0 Å². The molecule has 3 heterocycles. The molecule has 0 unspecified atom stereocenters. The molecule has 1 saturated heterocycles. The molecule has 1 aromatic heterocycles. The molecule has 1 aromatic carbocycles. The zero-order valence-electron chi connectivity index (χ0n) is 17.4. The highest BCUT2D eigenvalue weighted by atomic mass is 32.2. The molecule has 0 aliphatic carbocycles. The minimum absolute atomic E-state index is 0.0330. The largest absolute Gasteiger partial charge is 0.493 e. The number of rotatable bonds is 5. The fourth-order valence-corrected chi connectivity index (χ4v) is 6.08. The summed E-state index contributed by atoms with van der Waals surface area (Å²) >= 11 is 0. The average molecular weight is 436 g/mol. The highest BCUT2D eigenvalue weighted by Gasteiger charge is 2.37. The van der Waals surface area contributed by atoms with E-state index in [4.69, 9.17) is 14.2 Å². The van der Waals surface area contributed by atoms with Crippen LogP contribution in [0.15, 0.2) is 12.1 Å². The van der Waals surface area contributed by atoms with Gasteiger partial charge in [0, 0.05) is 17.9 Å². The van der Waals surface area contributed by atoms with Crippen LogP contribution in [0.2, 0.25) is 0 Å². The van der Waals surface area contributed by atoms with Crippen molar-refractivity contribution >= 4 is 21.6 Å². The van der Waals surface area contributed by atoms with Crippen molar-refractivity contribution in [1.29, 1.82) is 0 Å². The number of anilines is 1. The number of nitrogens with one attached hydrogen (secondary N) is 1. The molecule has 10 heteroatoms. The summed E-state index contributed by atoms with van der Waals surface area (Å²) in [7, 11) is 1.54. The van der Waals surface area contributed by atoms with Crippen molar-refractivity contribution in [2.24, 2.45) is 0 Å². The van der Waals surface area contributed by atoms with E-state index in [-0.39, 0.29) is 35.8 Å². The third kappa shape index (κ3) is 3.38. The average Bonchev–Trinajstić information content (AvgIpc) is 3.24. The normalized spacial score (nSPS) is 22.3. The minimum Gasteiger partial charge on any atom is -0.493 e. The molecule has 4 rings (SSSR count). The number of benzene rings is 1. The first kappa shape index (κ1) is 20.5. The number of carbonyl (C=O) groups is 1. The van der Waals surface area contributed by atoms with Crippen molar-refractivity contribution in [3.05, 3.63) is 29.0 Å². The summed E-state index contributed by atoms with van der Waals surface area (Å²) in [6, 6.07) is 3.40. The van der Waals surface area contributed by atoms with Crippen LogP contribution in [0.3, 0.4) is 0 Å². The van der Waals surface area contributed by atoms with Crippen molar-refractivity contribution < 1.29 is 27.4 Å². The molecular weight excluding hydrogens is 410 g/mol. The van der Waals surface area contributed by atoms with Gasteiger partial charge in [0.2, 0.25) is 11.7 Å². The highest BCUT2D eigenvalue weighted by Crippen LogP contribution is 2.46. The summed E-state index contributed by atoms with van der Waals surface area (Å²) in [6.07, 6.45) is 0.724. The van der Waals surface area contributed by atoms with Crippen molar-refractivity contribution in [3.63, 3.8) is 0 Å². The number of aromatic nitrogens is 2. The number of hydrogen-bond donors (Lipinski definition) is 1. The maximum Gasteiger partial charge on any atom is 0.226 e. The number of aryl methyl sites for hydroxylation is 1. The van der Waals surface area contributed by atoms with Crippen LogP contribution in [0.4, 0.5) is 5.82 Å². The molecule has 0 spiro atoms. The third-order valence-electron chi connectivity index (χ3n) is 5.77. The van der Waals surface area contributed by atoms with Crippen LogP contribution in [0, 0.1) is 6.92 Å². The predicted molar refractivity (Wildman–Crippen MR) is 110 cm³/mol. The Morgan fingerprint density at radius 1 is 1.13 bits per heavy atom. The molecule has 2 aromatic rings. The van der Waals surface area contributed by atoms with E-state index in [0.29, 0.717) is 29.5 Å². The smallest absolute Gasteiger partial charge is 0.226 e. The van der Waals surface area contributed by atoms with Gasteiger partial charge in [-0.3, -0.25) is 4.79 Å². The van der Waals surface area contributed by atoms with E-state index in [9.17, 15) is 13.2 Å². The Labute approximate surface area is 175 Å². The van der Waals surface area contributed by atoms with Crippen LogP contribution in [0.25, 0.3) is 0 Å². The van der Waals surface area contributed by atoms with Gasteiger partial charge in [-0.15, -0.1) is 0 Å². The van der Waals surface area contributed by atoms with E-state index in [1.807, 2.05) is 19.1 Å². The first-order chi connectivity index (χ1) is 14.3. The number of ether oxygens (including phenoxy) is 3. The number of carbonyl (C=O) groups excluding carboxylic acids is 1. The third-order valence-corrected chi connectivity index (χ3v) is 7.52. The Bertz CT molecular complexity index is 1080. The van der Waals surface area contributed by atoms with Crippen LogP contribution in [-0.2, 0) is 14.6 Å². The summed E-state index contributed by atoms with van der Waals surface area (Å²) in [4.78, 5) is 12.6. The van der Waals surface area contributed by atoms with Crippen LogP contribution in [-0.4, -0.2) is 56.9 Å². The molecule has 2 aliphatic rings. The fourth-order valence-electron chi connectivity index (χ4n) is 4.39. The summed E-state index contributed by atoms with van der Waals surface area (Å²) in [5.74, 6) is 1.81. The second-order valence-electron chi connectivity index (χ2n) is 7.61. The maximum absolute atomic E-state index is 12.6. The Morgan fingerprint density at radius 3 is 2.33 bits per heavy atom. The fraction of sp³-hybridized carbons (Fsp3) is 0.500. The predicted octanol–water partition coefficient (Wildman–Crippen LogP) is 2.05. The lowest BCUT2D eigenvalue weighted by Gasteiger charge is -2.26. The molecule has 1 N–H and O–H groups in total. The zero-order valence-corrected chi connectivity index (χ0v) is 18.2. The number of fused-ring (bicyclic) bond motifs is 1. The van der Waals surface area contributed by atoms with Crippen molar-refractivity contribution in [2.45, 2.75) is 31.7 Å². The van der Waals surface area contributed by atoms with Gasteiger partial charge in [-0.2, -0.15) is 5.10 Å². The first-order valence-corrected chi connectivity index (χ1v) is 11.5. The second kappa shape index (κ2) is 7.50. The van der Waals surface area contributed by atoms with Crippen molar-refractivity contribution in [2.75, 3.05) is 38.2 Å². The molecule has 0 radical (unpaired) electrons. The topological polar surface area (TPSA) is 109 Å². The lowest BCUT2D eigenvalue weighted by Crippen LogP contribution is -2.26. The molecular formula is C20H25N3O6S. The summed E-state index contributed by atoms with van der Waals surface area (Å²) in [5.41, 5.74) is 2.48. The second-order valence-corrected chi connectivity index (χ2v) is 9.84. The molecule has 9 nitrogen and oxygen atoms in total. The van der Waals surface area contributed by atoms with Gasteiger partial charge in [-0.25, -0.2) is 13.1 Å². The van der Waals surface area contributed by atoms with E-state index >= 15 is 0 Å². The van der Waals surface area contributed by atoms with Gasteiger partial charge >= 0.3 is 0 Å². The van der Waals surface area contributed by atoms with Crippen molar-refractivity contribution in [1.82, 2.24) is 9.78 Å². The maximum atomic E-state index is 12.6. The van der Waals surface area contributed by atoms with E-state index < -0.39 is 9.84 Å². The quantitative estimate of drug-likeness (QED) is 0.766. The molecule has 1 fully saturated rings. The lowest BCUT2D eigenvalue weighted by molar-refractivity contribution is -0.116. The van der Waals surface area contributed by atoms with Gasteiger partial charge in [0.15, 0.2) is 21.3 Å². The molecule has 2 atom stereocenters. The molecule has 2 aliphatic heterocycles. The number of nitrogens with zero attached hydrogens (tertiary/aromatic N) is 2. The molecule has 162 valence electrons. The van der Waals surface area contributed by atoms with Crippen LogP contribution < -0.4 is 19.5 Å². The number of sulfone groups is 1. The van der Waals surface area contributed by atoms with Gasteiger partial charge in [0.25, 0.3) is 0 Å². The van der Waals surface area contributed by atoms with Gasteiger partial charge in [0.05, 0.1) is 44.6 Å². The monoisotopic (exact) mass is 435 g/mol. The van der Waals surface area contributed by atoms with Crippen LogP contribution in [0.1, 0.15) is 41.6 Å². The van der Waals surface area contributed by atoms with Crippen LogP contribution >= 0.6 is 0 Å². The molecule has 1 amide bonds. The Balaban J connectivity index is 1.83. The summed E-state index contributed by atoms with van der Waals surface area (Å²) in [6.45, 7) is 1.88. The Kier molecular flexibility index (Phi) is 5.13. The van der Waals surface area contributed by atoms with E-state index in [1.54, 1.807) is 18.9 Å². The van der Waals surface area contributed by atoms with Crippen molar-refractivity contribution in [3.8, 4) is 17.2 Å². The van der Waals surface area contributed by atoms with Crippen LogP contribution in [0.5, 0.6) is 17.2 Å². The minimum atomic E-state index is -3.09. The first-order valence-electron chi connectivity index (χ1n) is 9.67. The Morgan fingerprint density at radius 2 is 1.80 bits per heavy atom. The number of amides is 1. The van der Waals surface area contributed by atoms with E-state index in [0.717, 1.165) is 16.8 Å². The lowest BCUT2D eigenvalue weighted by atomic mass is 9.85. The van der Waals surface area contributed by atoms with Gasteiger partial charge in [0.1, 0.15) is 5.82 Å². The van der Waals surface area contributed by atoms with Gasteiger partial charge < -0.3 is 19.5 Å². The van der Waals surface area contributed by atoms with E-state index in [1.165, 1.54) is 7.11 Å². The standard InChI is InChI=1S/C20H25N3O6S/c1-11-18-14(12-7-15(27-2)19(29-4)16(8-12)28-3)9-17(24)21-20(18)23(22-11)13-5-6-30(25,26)10-13/h7-8,13-14H,5-6,9-10H2,1-4H3,(H,21,24)/t13-,14-/m0/s1. The molecule has 0 bridgehead atoms. The Hall–Kier alpha value is -2.75. The molecule has 0 saturated carbocycles. The highest BCUT2D eigenvalue weighted by molar-refractivity contribution is 7.91. The summed E-state index contributed by atoms with van der Waals surface area (Å²) < 4.78 is 42.0. The number of methoxy groups -OCH3 is 3. The summed E-state index contributed by atoms with van der Waals surface area (Å²) in [5, 5.41) is 7.53.